The Kier molecular flexibility index (Phi) is 5.82. The number of fused-ring (bicyclic) bond motifs is 1. The van der Waals surface area contributed by atoms with Crippen molar-refractivity contribution in [1.29, 1.82) is 0 Å². The molecule has 1 atom stereocenters. The number of nitrogens with zero attached hydrogens (tertiary/aromatic N) is 5. The van der Waals surface area contributed by atoms with Gasteiger partial charge in [0.25, 0.3) is 5.56 Å². The number of imidazole rings is 1. The molecule has 0 aliphatic carbocycles. The Balaban J connectivity index is 1.97. The molecule has 3 heterocycles. The summed E-state index contributed by atoms with van der Waals surface area (Å²) >= 11 is 0. The number of allylic oxidation sites excluding steroid dienone is 2. The minimum Gasteiger partial charge on any atom is -0.341 e. The molecule has 8 nitrogen and oxygen atoms in total. The summed E-state index contributed by atoms with van der Waals surface area (Å²) in [4.78, 5) is 33.3. The Bertz CT molecular complexity index is 1230. The first-order chi connectivity index (χ1) is 14.9. The van der Waals surface area contributed by atoms with E-state index in [0.717, 1.165) is 30.5 Å². The highest BCUT2D eigenvalue weighted by molar-refractivity contribution is 5.75. The first-order valence-corrected chi connectivity index (χ1v) is 10.7. The molecule has 0 spiro atoms. The second-order valence-corrected chi connectivity index (χ2v) is 8.54. The molecule has 0 bridgehead atoms. The topological polar surface area (TPSA) is 91.1 Å². The average molecular weight is 423 g/mol. The molecule has 1 fully saturated rings. The number of benzene rings is 1. The minimum atomic E-state index is -0.366. The normalized spacial score (nSPS) is 16.6. The number of piperidine rings is 1. The lowest BCUT2D eigenvalue weighted by Crippen LogP contribution is -2.44. The number of hydrogen-bond acceptors (Lipinski definition) is 5. The van der Waals surface area contributed by atoms with Crippen LogP contribution in [-0.4, -0.2) is 37.8 Å². The second kappa shape index (κ2) is 8.55. The fourth-order valence-corrected chi connectivity index (χ4v) is 4.13. The molecule has 2 N–H and O–H groups in total. The molecule has 164 valence electrons. The van der Waals surface area contributed by atoms with Crippen molar-refractivity contribution in [3.63, 3.8) is 0 Å². The van der Waals surface area contributed by atoms with Crippen LogP contribution in [-0.2, 0) is 20.1 Å². The number of hydrogen-bond donors (Lipinski definition) is 1. The molecular weight excluding hydrogens is 392 g/mol. The van der Waals surface area contributed by atoms with Crippen LogP contribution in [0.5, 0.6) is 0 Å². The summed E-state index contributed by atoms with van der Waals surface area (Å²) < 4.78 is 4.71. The van der Waals surface area contributed by atoms with Crippen LogP contribution in [0, 0.1) is 0 Å². The van der Waals surface area contributed by atoms with Gasteiger partial charge in [0, 0.05) is 32.7 Å². The molecule has 1 unspecified atom stereocenters. The summed E-state index contributed by atoms with van der Waals surface area (Å²) in [7, 11) is 1.53. The predicted octanol–water partition coefficient (Wildman–Crippen LogP) is 1.84. The van der Waals surface area contributed by atoms with Gasteiger partial charge < -0.3 is 15.2 Å². The molecule has 8 heteroatoms. The van der Waals surface area contributed by atoms with E-state index in [1.807, 2.05) is 48.7 Å². The van der Waals surface area contributed by atoms with Crippen molar-refractivity contribution in [1.82, 2.24) is 18.7 Å². The van der Waals surface area contributed by atoms with E-state index >= 15 is 0 Å². The van der Waals surface area contributed by atoms with Crippen LogP contribution in [0.1, 0.15) is 32.3 Å². The fourth-order valence-electron chi connectivity index (χ4n) is 4.13. The largest absolute Gasteiger partial charge is 0.341 e. The van der Waals surface area contributed by atoms with Crippen LogP contribution in [0.2, 0.25) is 0 Å². The van der Waals surface area contributed by atoms with Gasteiger partial charge in [-0.1, -0.05) is 42.0 Å². The maximum Gasteiger partial charge on any atom is 0.332 e. The number of aromatic nitrogens is 4. The highest BCUT2D eigenvalue weighted by Gasteiger charge is 2.26. The zero-order valence-electron chi connectivity index (χ0n) is 18.4. The lowest BCUT2D eigenvalue weighted by atomic mass is 10.1. The zero-order chi connectivity index (χ0) is 22.1. The van der Waals surface area contributed by atoms with Gasteiger partial charge in [-0.15, -0.1) is 0 Å². The van der Waals surface area contributed by atoms with Crippen molar-refractivity contribution < 1.29 is 0 Å². The maximum atomic E-state index is 13.2. The van der Waals surface area contributed by atoms with Crippen molar-refractivity contribution >= 4 is 17.1 Å². The van der Waals surface area contributed by atoms with Crippen molar-refractivity contribution in [2.75, 3.05) is 18.0 Å². The van der Waals surface area contributed by atoms with Gasteiger partial charge in [-0.05, 0) is 32.3 Å². The van der Waals surface area contributed by atoms with Gasteiger partial charge in [0.2, 0.25) is 5.95 Å². The number of anilines is 1. The van der Waals surface area contributed by atoms with Crippen LogP contribution in [0.4, 0.5) is 5.95 Å². The molecule has 0 saturated carbocycles. The van der Waals surface area contributed by atoms with Crippen LogP contribution in [0.15, 0.2) is 51.6 Å². The Labute approximate surface area is 181 Å². The lowest BCUT2D eigenvalue weighted by molar-refractivity contribution is 0.495. The van der Waals surface area contributed by atoms with Gasteiger partial charge in [-0.2, -0.15) is 4.98 Å². The first-order valence-electron chi connectivity index (χ1n) is 10.7. The molecule has 1 aliphatic heterocycles. The number of nitrogens with two attached hydrogens (primary N) is 1. The summed E-state index contributed by atoms with van der Waals surface area (Å²) in [6, 6.07) is 9.82. The molecule has 0 amide bonds. The van der Waals surface area contributed by atoms with Gasteiger partial charge in [0.15, 0.2) is 11.2 Å². The average Bonchev–Trinajstić information content (AvgIpc) is 3.14. The molecule has 0 radical (unpaired) electrons. The van der Waals surface area contributed by atoms with Gasteiger partial charge in [-0.3, -0.25) is 13.9 Å². The smallest absolute Gasteiger partial charge is 0.332 e. The Morgan fingerprint density at radius 2 is 1.94 bits per heavy atom. The van der Waals surface area contributed by atoms with E-state index in [4.69, 9.17) is 10.7 Å². The second-order valence-electron chi connectivity index (χ2n) is 8.54. The monoisotopic (exact) mass is 422 g/mol. The third kappa shape index (κ3) is 4.07. The van der Waals surface area contributed by atoms with Gasteiger partial charge >= 0.3 is 5.69 Å². The van der Waals surface area contributed by atoms with Gasteiger partial charge in [0.1, 0.15) is 0 Å². The molecule has 3 aromatic rings. The summed E-state index contributed by atoms with van der Waals surface area (Å²) in [5, 5.41) is 0. The molecular formula is C23H30N6O2. The Morgan fingerprint density at radius 1 is 1.19 bits per heavy atom. The molecule has 1 aromatic carbocycles. The van der Waals surface area contributed by atoms with E-state index in [9.17, 15) is 9.59 Å². The Morgan fingerprint density at radius 3 is 2.61 bits per heavy atom. The van der Waals surface area contributed by atoms with E-state index < -0.39 is 0 Å². The van der Waals surface area contributed by atoms with Crippen LogP contribution in [0.25, 0.3) is 11.2 Å². The third-order valence-corrected chi connectivity index (χ3v) is 5.82. The van der Waals surface area contributed by atoms with Crippen molar-refractivity contribution in [2.24, 2.45) is 12.8 Å². The van der Waals surface area contributed by atoms with E-state index in [0.29, 0.717) is 36.7 Å². The molecule has 2 aromatic heterocycles. The van der Waals surface area contributed by atoms with Gasteiger partial charge in [-0.25, -0.2) is 4.79 Å². The molecule has 4 rings (SSSR count). The Hall–Kier alpha value is -3.13. The van der Waals surface area contributed by atoms with E-state index in [2.05, 4.69) is 11.0 Å². The van der Waals surface area contributed by atoms with Crippen molar-refractivity contribution in [3.05, 3.63) is 68.4 Å². The predicted molar refractivity (Wildman–Crippen MR) is 124 cm³/mol. The molecule has 1 saturated heterocycles. The molecule has 1 aliphatic rings. The quantitative estimate of drug-likeness (QED) is 0.634. The minimum absolute atomic E-state index is 0.0693. The van der Waals surface area contributed by atoms with E-state index in [-0.39, 0.29) is 17.3 Å². The fraction of sp³-hybridized carbons (Fsp3) is 0.435. The van der Waals surface area contributed by atoms with Crippen LogP contribution < -0.4 is 21.9 Å². The van der Waals surface area contributed by atoms with E-state index in [1.54, 1.807) is 4.57 Å². The van der Waals surface area contributed by atoms with Crippen molar-refractivity contribution in [2.45, 2.75) is 45.8 Å². The summed E-state index contributed by atoms with van der Waals surface area (Å²) in [5.41, 5.74) is 8.53. The zero-order valence-corrected chi connectivity index (χ0v) is 18.4. The summed E-state index contributed by atoms with van der Waals surface area (Å²) in [5.74, 6) is 0.701. The van der Waals surface area contributed by atoms with Crippen molar-refractivity contribution in [3.8, 4) is 0 Å². The van der Waals surface area contributed by atoms with E-state index in [1.165, 1.54) is 11.6 Å². The van der Waals surface area contributed by atoms with Crippen LogP contribution in [0.3, 0.4) is 0 Å². The standard InChI is InChI=1S/C23H30N6O2/c1-16(2)11-13-28-19-20(25-22(28)27-12-7-10-18(24)15-27)29(23(31)26(3)21(19)30)14-17-8-5-4-6-9-17/h4-6,8-9,11,18H,7,10,12-15,24H2,1-3H3. The summed E-state index contributed by atoms with van der Waals surface area (Å²) in [6.07, 6.45) is 4.02. The highest BCUT2D eigenvalue weighted by atomic mass is 16.2. The van der Waals surface area contributed by atoms with Gasteiger partial charge in [0.05, 0.1) is 6.54 Å². The summed E-state index contributed by atoms with van der Waals surface area (Å²) in [6.45, 7) is 6.43. The molecule has 31 heavy (non-hydrogen) atoms. The maximum absolute atomic E-state index is 13.2. The highest BCUT2D eigenvalue weighted by Crippen LogP contribution is 2.24. The van der Waals surface area contributed by atoms with Crippen LogP contribution >= 0.6 is 0 Å². The third-order valence-electron chi connectivity index (χ3n) is 5.82. The lowest BCUT2D eigenvalue weighted by Gasteiger charge is -2.31. The SMILES string of the molecule is CC(C)=CCn1c(N2CCCC(N)C2)nc2c1c(=O)n(C)c(=O)n2Cc1ccccc1. The first kappa shape index (κ1) is 21.1. The number of rotatable bonds is 5.